The molecule has 0 saturated heterocycles. The van der Waals surface area contributed by atoms with Gasteiger partial charge in [-0.1, -0.05) is 0 Å². The van der Waals surface area contributed by atoms with Gasteiger partial charge in [0.1, 0.15) is 5.75 Å². The molecule has 0 fully saturated rings. The van der Waals surface area contributed by atoms with Crippen molar-refractivity contribution in [3.05, 3.63) is 42.6 Å². The Hall–Kier alpha value is -1.97. The molecule has 0 atom stereocenters. The van der Waals surface area contributed by atoms with Crippen LogP contribution in [-0.4, -0.2) is 15.0 Å². The molecular weight excluding hydrogens is 178 g/mol. The lowest BCUT2D eigenvalue weighted by atomic mass is 10.4. The van der Waals surface area contributed by atoms with E-state index in [1.165, 1.54) is 0 Å². The molecule has 0 amide bonds. The molecule has 2 rings (SSSR count). The van der Waals surface area contributed by atoms with Crippen LogP contribution in [0.1, 0.15) is 5.69 Å². The first-order chi connectivity index (χ1) is 6.84. The first-order valence-electron chi connectivity index (χ1n) is 4.21. The van der Waals surface area contributed by atoms with Crippen molar-refractivity contribution < 1.29 is 4.74 Å². The highest BCUT2D eigenvalue weighted by Gasteiger charge is 1.97. The minimum atomic E-state index is 0.488. The zero-order valence-corrected chi connectivity index (χ0v) is 7.71. The largest absolute Gasteiger partial charge is 0.437 e. The van der Waals surface area contributed by atoms with E-state index in [0.29, 0.717) is 11.6 Å². The summed E-state index contributed by atoms with van der Waals surface area (Å²) < 4.78 is 5.42. The van der Waals surface area contributed by atoms with E-state index in [1.54, 1.807) is 36.9 Å². The molecule has 0 aliphatic rings. The molecule has 0 N–H and O–H groups in total. The van der Waals surface area contributed by atoms with Gasteiger partial charge in [0, 0.05) is 12.4 Å². The minimum Gasteiger partial charge on any atom is -0.437 e. The predicted octanol–water partition coefficient (Wildman–Crippen LogP) is 1.97. The van der Waals surface area contributed by atoms with Gasteiger partial charge in [0.15, 0.2) is 0 Å². The number of nitrogens with zero attached hydrogens (tertiary/aromatic N) is 3. The standard InChI is InChI=1S/C10H9N3O/c1-8-6-13-10(7-12-8)14-9-2-4-11-5-3-9/h2-7H,1H3. The zero-order valence-electron chi connectivity index (χ0n) is 7.71. The molecule has 0 unspecified atom stereocenters. The van der Waals surface area contributed by atoms with Crippen LogP contribution in [0.4, 0.5) is 0 Å². The van der Waals surface area contributed by atoms with Crippen molar-refractivity contribution >= 4 is 0 Å². The van der Waals surface area contributed by atoms with E-state index in [1.807, 2.05) is 6.92 Å². The topological polar surface area (TPSA) is 47.9 Å². The SMILES string of the molecule is Cc1cnc(Oc2ccncc2)cn1. The number of hydrogen-bond acceptors (Lipinski definition) is 4. The van der Waals surface area contributed by atoms with E-state index in [4.69, 9.17) is 4.74 Å². The van der Waals surface area contributed by atoms with Crippen LogP contribution in [0.5, 0.6) is 11.6 Å². The maximum absolute atomic E-state index is 5.42. The summed E-state index contributed by atoms with van der Waals surface area (Å²) in [6, 6.07) is 3.53. The van der Waals surface area contributed by atoms with Crippen LogP contribution in [0.3, 0.4) is 0 Å². The van der Waals surface area contributed by atoms with E-state index in [0.717, 1.165) is 5.69 Å². The molecule has 2 aromatic heterocycles. The first-order valence-corrected chi connectivity index (χ1v) is 4.21. The molecule has 0 aromatic carbocycles. The van der Waals surface area contributed by atoms with Crippen LogP contribution in [0, 0.1) is 6.92 Å². The Morgan fingerprint density at radius 2 is 1.86 bits per heavy atom. The molecule has 0 saturated carbocycles. The highest BCUT2D eigenvalue weighted by Crippen LogP contribution is 2.16. The zero-order chi connectivity index (χ0) is 9.80. The fourth-order valence-corrected chi connectivity index (χ4v) is 0.960. The smallest absolute Gasteiger partial charge is 0.237 e. The quantitative estimate of drug-likeness (QED) is 0.721. The number of ether oxygens (including phenoxy) is 1. The first kappa shape index (κ1) is 8.62. The molecule has 4 heteroatoms. The monoisotopic (exact) mass is 187 g/mol. The van der Waals surface area contributed by atoms with Crippen molar-refractivity contribution in [3.63, 3.8) is 0 Å². The summed E-state index contributed by atoms with van der Waals surface area (Å²) in [4.78, 5) is 12.0. The van der Waals surface area contributed by atoms with Gasteiger partial charge in [0.25, 0.3) is 0 Å². The normalized spacial score (nSPS) is 9.79. The summed E-state index contributed by atoms with van der Waals surface area (Å²) in [7, 11) is 0. The summed E-state index contributed by atoms with van der Waals surface area (Å²) in [5.41, 5.74) is 0.868. The summed E-state index contributed by atoms with van der Waals surface area (Å²) in [6.07, 6.45) is 6.58. The molecule has 2 heterocycles. The van der Waals surface area contributed by atoms with E-state index in [-0.39, 0.29) is 0 Å². The maximum atomic E-state index is 5.42. The van der Waals surface area contributed by atoms with Crippen molar-refractivity contribution in [2.75, 3.05) is 0 Å². The second kappa shape index (κ2) is 3.83. The van der Waals surface area contributed by atoms with Gasteiger partial charge in [-0.3, -0.25) is 9.97 Å². The molecule has 0 aliphatic carbocycles. The molecule has 4 nitrogen and oxygen atoms in total. The van der Waals surface area contributed by atoms with Crippen molar-refractivity contribution in [1.82, 2.24) is 15.0 Å². The molecule has 14 heavy (non-hydrogen) atoms. The minimum absolute atomic E-state index is 0.488. The molecule has 70 valence electrons. The van der Waals surface area contributed by atoms with Crippen LogP contribution in [0.15, 0.2) is 36.9 Å². The van der Waals surface area contributed by atoms with Gasteiger partial charge in [-0.25, -0.2) is 4.98 Å². The highest BCUT2D eigenvalue weighted by atomic mass is 16.5. The van der Waals surface area contributed by atoms with Gasteiger partial charge in [0.2, 0.25) is 5.88 Å². The molecule has 0 spiro atoms. The Balaban J connectivity index is 2.16. The Bertz CT molecular complexity index is 399. The summed E-state index contributed by atoms with van der Waals surface area (Å²) >= 11 is 0. The average molecular weight is 187 g/mol. The van der Waals surface area contributed by atoms with Gasteiger partial charge < -0.3 is 4.74 Å². The van der Waals surface area contributed by atoms with Crippen LogP contribution in [0.2, 0.25) is 0 Å². The van der Waals surface area contributed by atoms with Crippen LogP contribution < -0.4 is 4.74 Å². The van der Waals surface area contributed by atoms with Gasteiger partial charge >= 0.3 is 0 Å². The third kappa shape index (κ3) is 2.04. The summed E-state index contributed by atoms with van der Waals surface area (Å²) in [5.74, 6) is 1.19. The predicted molar refractivity (Wildman–Crippen MR) is 51.1 cm³/mol. The number of hydrogen-bond donors (Lipinski definition) is 0. The Morgan fingerprint density at radius 3 is 2.50 bits per heavy atom. The Kier molecular flexibility index (Phi) is 2.36. The lowest BCUT2D eigenvalue weighted by molar-refractivity contribution is 0.459. The van der Waals surface area contributed by atoms with E-state index < -0.39 is 0 Å². The van der Waals surface area contributed by atoms with Crippen molar-refractivity contribution in [1.29, 1.82) is 0 Å². The third-order valence-corrected chi connectivity index (χ3v) is 1.63. The number of aryl methyl sites for hydroxylation is 1. The Morgan fingerprint density at radius 1 is 1.07 bits per heavy atom. The molecule has 0 radical (unpaired) electrons. The lowest BCUT2D eigenvalue weighted by Crippen LogP contribution is -1.90. The highest BCUT2D eigenvalue weighted by molar-refractivity contribution is 5.22. The van der Waals surface area contributed by atoms with Crippen LogP contribution in [-0.2, 0) is 0 Å². The molecule has 2 aromatic rings. The van der Waals surface area contributed by atoms with E-state index in [2.05, 4.69) is 15.0 Å². The van der Waals surface area contributed by atoms with Gasteiger partial charge in [-0.05, 0) is 19.1 Å². The van der Waals surface area contributed by atoms with Crippen molar-refractivity contribution in [3.8, 4) is 11.6 Å². The number of rotatable bonds is 2. The second-order valence-electron chi connectivity index (χ2n) is 2.78. The average Bonchev–Trinajstić information content (AvgIpc) is 2.23. The lowest BCUT2D eigenvalue weighted by Gasteiger charge is -2.02. The van der Waals surface area contributed by atoms with Crippen LogP contribution in [0.25, 0.3) is 0 Å². The van der Waals surface area contributed by atoms with E-state index in [9.17, 15) is 0 Å². The van der Waals surface area contributed by atoms with E-state index >= 15 is 0 Å². The van der Waals surface area contributed by atoms with Crippen molar-refractivity contribution in [2.45, 2.75) is 6.92 Å². The summed E-state index contributed by atoms with van der Waals surface area (Å²) in [5, 5.41) is 0. The summed E-state index contributed by atoms with van der Waals surface area (Å²) in [6.45, 7) is 1.88. The van der Waals surface area contributed by atoms with Gasteiger partial charge in [-0.2, -0.15) is 0 Å². The van der Waals surface area contributed by atoms with Gasteiger partial charge in [-0.15, -0.1) is 0 Å². The van der Waals surface area contributed by atoms with Gasteiger partial charge in [0.05, 0.1) is 18.1 Å². The van der Waals surface area contributed by atoms with Crippen molar-refractivity contribution in [2.24, 2.45) is 0 Å². The van der Waals surface area contributed by atoms with Crippen LogP contribution >= 0.6 is 0 Å². The third-order valence-electron chi connectivity index (χ3n) is 1.63. The Labute approximate surface area is 81.6 Å². The second-order valence-corrected chi connectivity index (χ2v) is 2.78. The molecule has 0 aliphatic heterocycles. The fraction of sp³-hybridized carbons (Fsp3) is 0.100. The number of aromatic nitrogens is 3. The fourth-order valence-electron chi connectivity index (χ4n) is 0.960. The molecule has 0 bridgehead atoms. The maximum Gasteiger partial charge on any atom is 0.237 e. The number of pyridine rings is 1. The molecular formula is C10H9N3O.